The zero-order valence-electron chi connectivity index (χ0n) is 16.3. The van der Waals surface area contributed by atoms with E-state index in [0.29, 0.717) is 5.69 Å². The maximum Gasteiger partial charge on any atom is 0.214 e. The summed E-state index contributed by atoms with van der Waals surface area (Å²) in [6.45, 7) is 5.09. The number of pyridine rings is 1. The van der Waals surface area contributed by atoms with E-state index in [9.17, 15) is 9.50 Å². The molecule has 0 atom stereocenters. The number of halogens is 1. The monoisotopic (exact) mass is 395 g/mol. The molecule has 0 radical (unpaired) electrons. The molecule has 7 nitrogen and oxygen atoms in total. The Labute approximate surface area is 168 Å². The Morgan fingerprint density at radius 1 is 1.34 bits per heavy atom. The molecule has 1 aromatic heterocycles. The van der Waals surface area contributed by atoms with Gasteiger partial charge < -0.3 is 20.0 Å². The third-order valence-electron chi connectivity index (χ3n) is 3.44. The van der Waals surface area contributed by atoms with Gasteiger partial charge in [-0.2, -0.15) is 5.26 Å². The summed E-state index contributed by atoms with van der Waals surface area (Å²) in [6.07, 6.45) is 1.41. The number of nitrogens with one attached hydrogen (secondary N) is 1. The van der Waals surface area contributed by atoms with Crippen LogP contribution in [-0.2, 0) is 11.3 Å². The molecule has 0 amide bonds. The van der Waals surface area contributed by atoms with Gasteiger partial charge in [-0.1, -0.05) is 32.9 Å². The van der Waals surface area contributed by atoms with Crippen LogP contribution < -0.4 is 9.84 Å². The summed E-state index contributed by atoms with van der Waals surface area (Å²) < 4.78 is 24.5. The maximum absolute atomic E-state index is 13.9. The van der Waals surface area contributed by atoms with Crippen LogP contribution in [0.2, 0.25) is 0 Å². The Balaban J connectivity index is 2.15. The Morgan fingerprint density at radius 2 is 2.10 bits per heavy atom. The second kappa shape index (κ2) is 9.46. The largest absolute Gasteiger partial charge is 0.594 e. The summed E-state index contributed by atoms with van der Waals surface area (Å²) in [4.78, 5) is 7.92. The van der Waals surface area contributed by atoms with Crippen molar-refractivity contribution in [3.8, 4) is 11.9 Å². The quantitative estimate of drug-likeness (QED) is 0.596. The van der Waals surface area contributed by atoms with Gasteiger partial charge in [-0.15, -0.1) is 0 Å². The normalized spacial score (nSPS) is 12.2. The predicted octanol–water partition coefficient (Wildman–Crippen LogP) is 3.19. The molecule has 0 bridgehead atoms. The van der Waals surface area contributed by atoms with Crippen molar-refractivity contribution >= 4 is 17.9 Å². The van der Waals surface area contributed by atoms with Crippen LogP contribution in [-0.4, -0.2) is 22.9 Å². The smallest absolute Gasteiger partial charge is 0.214 e. The second-order valence-corrected chi connectivity index (χ2v) is 6.91. The van der Waals surface area contributed by atoms with Gasteiger partial charge in [-0.25, -0.2) is 14.4 Å². The lowest BCUT2D eigenvalue weighted by atomic mass is 10.1. The van der Waals surface area contributed by atoms with E-state index < -0.39 is 17.5 Å². The van der Waals surface area contributed by atoms with Crippen molar-refractivity contribution in [2.75, 3.05) is 0 Å². The molecule has 0 aliphatic heterocycles. The van der Waals surface area contributed by atoms with Gasteiger partial charge in [0, 0.05) is 35.2 Å². The maximum atomic E-state index is 13.9. The molecule has 0 unspecified atom stereocenters. The third kappa shape index (κ3) is 6.74. The van der Waals surface area contributed by atoms with Crippen molar-refractivity contribution in [3.05, 3.63) is 65.2 Å². The highest BCUT2D eigenvalue weighted by atomic mass is 19.1. The van der Waals surface area contributed by atoms with Crippen LogP contribution in [0.25, 0.3) is 5.57 Å². The van der Waals surface area contributed by atoms with Gasteiger partial charge >= 0.3 is 0 Å². The van der Waals surface area contributed by atoms with E-state index >= 15 is 0 Å². The summed E-state index contributed by atoms with van der Waals surface area (Å²) in [7, 11) is 0. The number of nitrogens with zero attached hydrogens (tertiary/aromatic N) is 3. The van der Waals surface area contributed by atoms with Gasteiger partial charge in [0.15, 0.2) is 6.08 Å². The topological polar surface area (TPSA) is 114 Å². The van der Waals surface area contributed by atoms with Crippen LogP contribution >= 0.6 is 0 Å². The first-order valence-electron chi connectivity index (χ1n) is 8.65. The lowest BCUT2D eigenvalue weighted by Crippen LogP contribution is -2.31. The fraction of sp³-hybridized carbons (Fsp3) is 0.238. The molecule has 0 saturated carbocycles. The Hall–Kier alpha value is -3.73. The van der Waals surface area contributed by atoms with Gasteiger partial charge in [0.1, 0.15) is 12.4 Å². The molecule has 0 saturated heterocycles. The number of hydrogen-bond donors (Lipinski definition) is 1. The van der Waals surface area contributed by atoms with Gasteiger partial charge in [0.2, 0.25) is 5.88 Å². The Kier molecular flexibility index (Phi) is 7.04. The molecule has 0 spiro atoms. The van der Waals surface area contributed by atoms with E-state index in [4.69, 9.17) is 20.1 Å². The Bertz CT molecular complexity index is 988. The molecule has 1 aromatic carbocycles. The van der Waals surface area contributed by atoms with Crippen LogP contribution in [0.1, 0.15) is 37.6 Å². The van der Waals surface area contributed by atoms with Gasteiger partial charge in [-0.3, -0.25) is 0 Å². The van der Waals surface area contributed by atoms with E-state index in [0.717, 1.165) is 12.3 Å². The Morgan fingerprint density at radius 3 is 2.72 bits per heavy atom. The van der Waals surface area contributed by atoms with Crippen LogP contribution in [0.3, 0.4) is 0 Å². The fourth-order valence-corrected chi connectivity index (χ4v) is 2.13. The predicted molar refractivity (Wildman–Crippen MR) is 105 cm³/mol. The lowest BCUT2D eigenvalue weighted by molar-refractivity contribution is -0.260. The van der Waals surface area contributed by atoms with E-state index in [2.05, 4.69) is 9.98 Å². The highest BCUT2D eigenvalue weighted by molar-refractivity contribution is 6.07. The first-order valence-corrected chi connectivity index (χ1v) is 8.65. The van der Waals surface area contributed by atoms with Crippen molar-refractivity contribution in [2.45, 2.75) is 33.0 Å². The molecule has 0 fully saturated rings. The zero-order chi connectivity index (χ0) is 21.4. The molecule has 29 heavy (non-hydrogen) atoms. The number of hydrogen-bond acceptors (Lipinski definition) is 7. The zero-order valence-corrected chi connectivity index (χ0v) is 16.3. The van der Waals surface area contributed by atoms with Crippen molar-refractivity contribution in [1.82, 2.24) is 4.98 Å². The number of rotatable bonds is 6. The molecular weight excluding hydrogens is 375 g/mol. The van der Waals surface area contributed by atoms with Crippen LogP contribution in [0, 0.1) is 22.6 Å². The number of aromatic nitrogens is 1. The number of benzene rings is 1. The minimum absolute atomic E-state index is 0.0834. The lowest BCUT2D eigenvalue weighted by Gasteiger charge is -2.29. The van der Waals surface area contributed by atoms with E-state index in [1.807, 2.05) is 6.07 Å². The van der Waals surface area contributed by atoms with Crippen LogP contribution in [0.15, 0.2) is 47.6 Å². The highest BCUT2D eigenvalue weighted by Gasteiger charge is 2.08. The third-order valence-corrected chi connectivity index (χ3v) is 3.44. The average molecular weight is 395 g/mol. The standard InChI is InChI=1S/C21H21FN4O3/c1-21(2,3)29-20(27)25-12-16(11-24)18-5-4-6-19(26-18)28-13-15-8-7-14(10-23)9-17(15)22/h4-9,11-12,24H,13H2,1-3H3,(H,25,27)/p-1/b16-12+,24-11?. The number of aliphatic imine (C=N–C) groups is 1. The molecule has 2 rings (SSSR count). The van der Waals surface area contributed by atoms with E-state index in [-0.39, 0.29) is 29.2 Å². The number of nitriles is 1. The van der Waals surface area contributed by atoms with Crippen molar-refractivity contribution in [2.24, 2.45) is 4.99 Å². The van der Waals surface area contributed by atoms with Crippen LogP contribution in [0.4, 0.5) is 4.39 Å². The van der Waals surface area contributed by atoms with Gasteiger partial charge in [0.05, 0.1) is 17.3 Å². The molecule has 150 valence electrons. The van der Waals surface area contributed by atoms with Crippen molar-refractivity contribution in [1.29, 1.82) is 10.7 Å². The average Bonchev–Trinajstić information content (AvgIpc) is 2.66. The summed E-state index contributed by atoms with van der Waals surface area (Å²) in [5, 5.41) is 28.0. The van der Waals surface area contributed by atoms with Crippen LogP contribution in [0.5, 0.6) is 5.88 Å². The first-order chi connectivity index (χ1) is 13.7. The molecule has 2 aromatic rings. The van der Waals surface area contributed by atoms with Gasteiger partial charge in [-0.05, 0) is 18.2 Å². The number of allylic oxidation sites excluding steroid dienone is 1. The first kappa shape index (κ1) is 21.6. The molecule has 0 aliphatic carbocycles. The molecule has 8 heteroatoms. The molecule has 0 aliphatic rings. The summed E-state index contributed by atoms with van der Waals surface area (Å²) >= 11 is 0. The summed E-state index contributed by atoms with van der Waals surface area (Å²) in [5.74, 6) is -0.340. The number of ether oxygens (including phenoxy) is 2. The molecule has 1 N–H and O–H groups in total. The van der Waals surface area contributed by atoms with Crippen molar-refractivity contribution in [3.63, 3.8) is 0 Å². The molecular formula is C21H20FN4O3-. The second-order valence-electron chi connectivity index (χ2n) is 6.91. The van der Waals surface area contributed by atoms with Gasteiger partial charge in [0.25, 0.3) is 0 Å². The fourth-order valence-electron chi connectivity index (χ4n) is 2.13. The molecule has 1 heterocycles. The summed E-state index contributed by atoms with van der Waals surface area (Å²) in [6, 6.07) is 10.8. The van der Waals surface area contributed by atoms with E-state index in [1.165, 1.54) is 18.3 Å². The highest BCUT2D eigenvalue weighted by Crippen LogP contribution is 2.17. The minimum Gasteiger partial charge on any atom is -0.594 e. The minimum atomic E-state index is -0.777. The summed E-state index contributed by atoms with van der Waals surface area (Å²) in [5.41, 5.74) is 0.446. The SMILES string of the molecule is CC(C)(C)OC([O-])=N/C=C(\C=N)c1cccc(OCc2ccc(C#N)cc2F)n1. The van der Waals surface area contributed by atoms with Crippen molar-refractivity contribution < 1.29 is 19.0 Å². The van der Waals surface area contributed by atoms with E-state index in [1.54, 1.807) is 39.0 Å².